The van der Waals surface area contributed by atoms with Gasteiger partial charge >= 0.3 is 0 Å². The summed E-state index contributed by atoms with van der Waals surface area (Å²) >= 11 is 0. The number of carbonyl (C=O) groups is 2. The zero-order valence-electron chi connectivity index (χ0n) is 16.1. The fourth-order valence-corrected chi connectivity index (χ4v) is 3.49. The molecule has 1 aliphatic rings. The third-order valence-corrected chi connectivity index (χ3v) is 4.95. The Balaban J connectivity index is 1.77. The maximum atomic E-state index is 13.2. The van der Waals surface area contributed by atoms with E-state index in [-0.39, 0.29) is 30.2 Å². The lowest BCUT2D eigenvalue weighted by Crippen LogP contribution is -2.41. The van der Waals surface area contributed by atoms with Crippen molar-refractivity contribution in [2.75, 3.05) is 18.6 Å². The van der Waals surface area contributed by atoms with Crippen LogP contribution >= 0.6 is 0 Å². The zero-order valence-corrected chi connectivity index (χ0v) is 16.1. The minimum absolute atomic E-state index is 0.0274. The molecule has 0 aliphatic carbocycles. The molecule has 1 atom stereocenters. The molecule has 0 bridgehead atoms. The highest BCUT2D eigenvalue weighted by Crippen LogP contribution is 2.33. The Morgan fingerprint density at radius 2 is 1.81 bits per heavy atom. The number of anilines is 1. The lowest BCUT2D eigenvalue weighted by atomic mass is 10.1. The van der Waals surface area contributed by atoms with Crippen molar-refractivity contribution in [2.45, 2.75) is 32.9 Å². The Morgan fingerprint density at radius 3 is 2.48 bits per heavy atom. The van der Waals surface area contributed by atoms with Crippen LogP contribution < -0.4 is 9.64 Å². The van der Waals surface area contributed by atoms with Gasteiger partial charge in [0.25, 0.3) is 0 Å². The van der Waals surface area contributed by atoms with Crippen LogP contribution in [0.1, 0.15) is 25.8 Å². The van der Waals surface area contributed by atoms with Gasteiger partial charge in [-0.25, -0.2) is 0 Å². The number of carbonyl (C=O) groups excluding carboxylic acids is 2. The fourth-order valence-electron chi connectivity index (χ4n) is 3.49. The molecule has 1 heterocycles. The highest BCUT2D eigenvalue weighted by atomic mass is 16.5. The van der Waals surface area contributed by atoms with Gasteiger partial charge in [-0.1, -0.05) is 42.5 Å². The molecule has 27 heavy (non-hydrogen) atoms. The number of amides is 2. The van der Waals surface area contributed by atoms with E-state index in [9.17, 15) is 9.59 Å². The van der Waals surface area contributed by atoms with Crippen LogP contribution in [0.4, 0.5) is 5.69 Å². The Hall–Kier alpha value is -2.82. The summed E-state index contributed by atoms with van der Waals surface area (Å²) < 4.78 is 5.38. The quantitative estimate of drug-likeness (QED) is 0.786. The van der Waals surface area contributed by atoms with E-state index in [1.54, 1.807) is 12.0 Å². The molecule has 2 aromatic carbocycles. The molecule has 1 fully saturated rings. The van der Waals surface area contributed by atoms with Crippen LogP contribution in [0.25, 0.3) is 0 Å². The van der Waals surface area contributed by atoms with Gasteiger partial charge in [-0.3, -0.25) is 9.59 Å². The first-order chi connectivity index (χ1) is 13.0. The minimum Gasteiger partial charge on any atom is -0.495 e. The summed E-state index contributed by atoms with van der Waals surface area (Å²) in [5, 5.41) is 0. The summed E-state index contributed by atoms with van der Waals surface area (Å²) in [6.07, 6.45) is 0.231. The average molecular weight is 366 g/mol. The van der Waals surface area contributed by atoms with E-state index in [4.69, 9.17) is 4.74 Å². The van der Waals surface area contributed by atoms with E-state index < -0.39 is 0 Å². The number of benzene rings is 2. The molecular formula is C22H26N2O3. The van der Waals surface area contributed by atoms with E-state index in [1.165, 1.54) is 0 Å². The predicted octanol–water partition coefficient (Wildman–Crippen LogP) is 3.49. The molecule has 1 unspecified atom stereocenters. The zero-order chi connectivity index (χ0) is 19.4. The third-order valence-electron chi connectivity index (χ3n) is 4.95. The Labute approximate surface area is 160 Å². The number of ether oxygens (including phenoxy) is 1. The van der Waals surface area contributed by atoms with Crippen molar-refractivity contribution in [3.63, 3.8) is 0 Å². The van der Waals surface area contributed by atoms with Crippen molar-refractivity contribution in [3.05, 3.63) is 60.2 Å². The van der Waals surface area contributed by atoms with Gasteiger partial charge in [0.1, 0.15) is 5.75 Å². The molecule has 3 rings (SSSR count). The Kier molecular flexibility index (Phi) is 5.79. The van der Waals surface area contributed by atoms with Gasteiger partial charge in [-0.05, 0) is 31.5 Å². The van der Waals surface area contributed by atoms with Crippen LogP contribution in [0, 0.1) is 5.92 Å². The van der Waals surface area contributed by atoms with Crippen molar-refractivity contribution in [1.29, 1.82) is 0 Å². The number of para-hydroxylation sites is 2. The van der Waals surface area contributed by atoms with E-state index in [2.05, 4.69) is 0 Å². The standard InChI is InChI=1S/C22H26N2O3/c1-16(2)23(14-17-9-5-4-6-10-17)22(26)18-13-21(25)24(15-18)19-11-7-8-12-20(19)27-3/h4-12,16,18H,13-15H2,1-3H3. The first kappa shape index (κ1) is 19.0. The molecule has 142 valence electrons. The largest absolute Gasteiger partial charge is 0.495 e. The molecule has 1 saturated heterocycles. The number of nitrogens with zero attached hydrogens (tertiary/aromatic N) is 2. The number of hydrogen-bond acceptors (Lipinski definition) is 3. The summed E-state index contributed by atoms with van der Waals surface area (Å²) in [7, 11) is 1.59. The lowest BCUT2D eigenvalue weighted by molar-refractivity contribution is -0.138. The molecule has 0 spiro atoms. The second kappa shape index (κ2) is 8.25. The van der Waals surface area contributed by atoms with Crippen molar-refractivity contribution in [1.82, 2.24) is 4.90 Å². The lowest BCUT2D eigenvalue weighted by Gasteiger charge is -2.29. The van der Waals surface area contributed by atoms with Gasteiger partial charge in [0, 0.05) is 25.6 Å². The van der Waals surface area contributed by atoms with Crippen molar-refractivity contribution in [3.8, 4) is 5.75 Å². The smallest absolute Gasteiger partial charge is 0.228 e. The van der Waals surface area contributed by atoms with Gasteiger partial charge in [0.05, 0.1) is 18.7 Å². The maximum absolute atomic E-state index is 13.2. The van der Waals surface area contributed by atoms with Crippen LogP contribution in [0.5, 0.6) is 5.75 Å². The molecule has 0 radical (unpaired) electrons. The molecule has 0 saturated carbocycles. The Morgan fingerprint density at radius 1 is 1.15 bits per heavy atom. The molecule has 2 aromatic rings. The average Bonchev–Trinajstić information content (AvgIpc) is 3.07. The molecule has 5 nitrogen and oxygen atoms in total. The SMILES string of the molecule is COc1ccccc1N1CC(C(=O)N(Cc2ccccc2)C(C)C)CC1=O. The number of hydrogen-bond donors (Lipinski definition) is 0. The number of rotatable bonds is 6. The van der Waals surface area contributed by atoms with Crippen LogP contribution in [-0.4, -0.2) is 36.4 Å². The second-order valence-corrected chi connectivity index (χ2v) is 7.12. The monoisotopic (exact) mass is 366 g/mol. The van der Waals surface area contributed by atoms with Crippen molar-refractivity contribution in [2.24, 2.45) is 5.92 Å². The topological polar surface area (TPSA) is 49.9 Å². The van der Waals surface area contributed by atoms with E-state index in [0.29, 0.717) is 18.8 Å². The van der Waals surface area contributed by atoms with Gasteiger partial charge in [-0.2, -0.15) is 0 Å². The summed E-state index contributed by atoms with van der Waals surface area (Å²) in [4.78, 5) is 29.3. The predicted molar refractivity (Wildman–Crippen MR) is 106 cm³/mol. The summed E-state index contributed by atoms with van der Waals surface area (Å²) in [6.45, 7) is 4.96. The molecule has 5 heteroatoms. The van der Waals surface area contributed by atoms with Crippen LogP contribution in [-0.2, 0) is 16.1 Å². The molecular weight excluding hydrogens is 340 g/mol. The fraction of sp³-hybridized carbons (Fsp3) is 0.364. The summed E-state index contributed by atoms with van der Waals surface area (Å²) in [6, 6.07) is 17.4. The van der Waals surface area contributed by atoms with Gasteiger partial charge in [-0.15, -0.1) is 0 Å². The normalized spacial score (nSPS) is 16.7. The molecule has 0 aromatic heterocycles. The van der Waals surface area contributed by atoms with E-state index >= 15 is 0 Å². The number of methoxy groups -OCH3 is 1. The highest BCUT2D eigenvalue weighted by molar-refractivity contribution is 6.01. The van der Waals surface area contributed by atoms with Crippen LogP contribution in [0.2, 0.25) is 0 Å². The molecule has 1 aliphatic heterocycles. The van der Waals surface area contributed by atoms with Gasteiger partial charge in [0.15, 0.2) is 0 Å². The van der Waals surface area contributed by atoms with Crippen molar-refractivity contribution < 1.29 is 14.3 Å². The summed E-state index contributed by atoms with van der Waals surface area (Å²) in [5.74, 6) is 0.290. The Bertz CT molecular complexity index is 804. The van der Waals surface area contributed by atoms with Gasteiger partial charge < -0.3 is 14.5 Å². The van der Waals surface area contributed by atoms with Crippen molar-refractivity contribution >= 4 is 17.5 Å². The first-order valence-electron chi connectivity index (χ1n) is 9.29. The highest BCUT2D eigenvalue weighted by Gasteiger charge is 2.38. The third kappa shape index (κ3) is 4.13. The van der Waals surface area contributed by atoms with Crippen LogP contribution in [0.3, 0.4) is 0 Å². The van der Waals surface area contributed by atoms with E-state index in [0.717, 1.165) is 11.3 Å². The molecule has 2 amide bonds. The first-order valence-corrected chi connectivity index (χ1v) is 9.29. The second-order valence-electron chi connectivity index (χ2n) is 7.12. The van der Waals surface area contributed by atoms with Crippen LogP contribution in [0.15, 0.2) is 54.6 Å². The maximum Gasteiger partial charge on any atom is 0.228 e. The summed E-state index contributed by atoms with van der Waals surface area (Å²) in [5.41, 5.74) is 1.81. The molecule has 0 N–H and O–H groups in total. The van der Waals surface area contributed by atoms with Gasteiger partial charge in [0.2, 0.25) is 11.8 Å². The minimum atomic E-state index is -0.339. The van der Waals surface area contributed by atoms with E-state index in [1.807, 2.05) is 73.3 Å².